The van der Waals surface area contributed by atoms with Gasteiger partial charge in [0, 0.05) is 17.2 Å². The third kappa shape index (κ3) is 3.08. The van der Waals surface area contributed by atoms with Crippen LogP contribution in [0.2, 0.25) is 0 Å². The van der Waals surface area contributed by atoms with Crippen molar-refractivity contribution in [2.75, 3.05) is 11.9 Å². The van der Waals surface area contributed by atoms with E-state index < -0.39 is 0 Å². The van der Waals surface area contributed by atoms with E-state index in [2.05, 4.69) is 32.3 Å². The van der Waals surface area contributed by atoms with E-state index in [4.69, 9.17) is 11.6 Å². The SMILES string of the molecule is Cc1cc(Br)cnc1NCC(Cl)C1CC1. The van der Waals surface area contributed by atoms with Crippen LogP contribution in [-0.4, -0.2) is 16.9 Å². The number of pyridine rings is 1. The van der Waals surface area contributed by atoms with Crippen molar-refractivity contribution in [2.24, 2.45) is 5.92 Å². The van der Waals surface area contributed by atoms with Crippen LogP contribution in [0.1, 0.15) is 18.4 Å². The molecule has 1 atom stereocenters. The van der Waals surface area contributed by atoms with Gasteiger partial charge in [-0.25, -0.2) is 4.98 Å². The summed E-state index contributed by atoms with van der Waals surface area (Å²) >= 11 is 9.61. The maximum absolute atomic E-state index is 6.21. The highest BCUT2D eigenvalue weighted by molar-refractivity contribution is 9.10. The fourth-order valence-corrected chi connectivity index (χ4v) is 2.32. The van der Waals surface area contributed by atoms with Gasteiger partial charge in [-0.2, -0.15) is 0 Å². The number of hydrogen-bond acceptors (Lipinski definition) is 2. The van der Waals surface area contributed by atoms with Crippen LogP contribution in [0.5, 0.6) is 0 Å². The van der Waals surface area contributed by atoms with Crippen molar-refractivity contribution in [3.63, 3.8) is 0 Å². The monoisotopic (exact) mass is 288 g/mol. The predicted octanol–water partition coefficient (Wildman–Crippen LogP) is 3.58. The zero-order valence-corrected chi connectivity index (χ0v) is 11.0. The lowest BCUT2D eigenvalue weighted by Gasteiger charge is -2.12. The Morgan fingerprint density at radius 1 is 1.67 bits per heavy atom. The summed E-state index contributed by atoms with van der Waals surface area (Å²) in [6.07, 6.45) is 4.36. The van der Waals surface area contributed by atoms with Crippen molar-refractivity contribution in [3.05, 3.63) is 22.3 Å². The van der Waals surface area contributed by atoms with Gasteiger partial charge in [-0.15, -0.1) is 11.6 Å². The maximum atomic E-state index is 6.21. The van der Waals surface area contributed by atoms with Gasteiger partial charge in [-0.05, 0) is 53.2 Å². The molecule has 0 aliphatic heterocycles. The average molecular weight is 290 g/mol. The molecule has 4 heteroatoms. The van der Waals surface area contributed by atoms with Crippen molar-refractivity contribution < 1.29 is 0 Å². The number of halogens is 2. The second-order valence-corrected chi connectivity index (χ2v) is 5.53. The minimum Gasteiger partial charge on any atom is -0.368 e. The normalized spacial score (nSPS) is 17.5. The van der Waals surface area contributed by atoms with Crippen LogP contribution >= 0.6 is 27.5 Å². The van der Waals surface area contributed by atoms with Gasteiger partial charge >= 0.3 is 0 Å². The van der Waals surface area contributed by atoms with Crippen molar-refractivity contribution in [1.82, 2.24) is 4.98 Å². The summed E-state index contributed by atoms with van der Waals surface area (Å²) in [6.45, 7) is 2.85. The molecule has 0 saturated heterocycles. The highest BCUT2D eigenvalue weighted by atomic mass is 79.9. The molecule has 1 aromatic rings. The maximum Gasteiger partial charge on any atom is 0.128 e. The van der Waals surface area contributed by atoms with E-state index in [-0.39, 0.29) is 5.38 Å². The van der Waals surface area contributed by atoms with Gasteiger partial charge in [-0.1, -0.05) is 0 Å². The number of aromatic nitrogens is 1. The number of rotatable bonds is 4. The molecule has 0 radical (unpaired) electrons. The summed E-state index contributed by atoms with van der Waals surface area (Å²) in [6, 6.07) is 2.05. The summed E-state index contributed by atoms with van der Waals surface area (Å²) in [5.41, 5.74) is 1.14. The number of nitrogens with one attached hydrogen (secondary N) is 1. The standard InChI is InChI=1S/C11H14BrClN2/c1-7-4-9(12)5-14-11(7)15-6-10(13)8-2-3-8/h4-5,8,10H,2-3,6H2,1H3,(H,14,15). The van der Waals surface area contributed by atoms with E-state index in [1.165, 1.54) is 12.8 Å². The van der Waals surface area contributed by atoms with E-state index >= 15 is 0 Å². The smallest absolute Gasteiger partial charge is 0.128 e. The van der Waals surface area contributed by atoms with Crippen molar-refractivity contribution in [2.45, 2.75) is 25.1 Å². The number of alkyl halides is 1. The molecule has 15 heavy (non-hydrogen) atoms. The Hall–Kier alpha value is -0.280. The number of aryl methyl sites for hydroxylation is 1. The zero-order chi connectivity index (χ0) is 10.8. The Morgan fingerprint density at radius 3 is 3.00 bits per heavy atom. The van der Waals surface area contributed by atoms with E-state index in [1.807, 2.05) is 6.92 Å². The molecule has 0 spiro atoms. The van der Waals surface area contributed by atoms with Gasteiger partial charge < -0.3 is 5.32 Å². The van der Waals surface area contributed by atoms with Crippen molar-refractivity contribution >= 4 is 33.3 Å². The molecule has 2 rings (SSSR count). The van der Waals surface area contributed by atoms with E-state index in [1.54, 1.807) is 6.20 Å². The number of nitrogens with zero attached hydrogens (tertiary/aromatic N) is 1. The zero-order valence-electron chi connectivity index (χ0n) is 8.63. The molecule has 1 N–H and O–H groups in total. The second kappa shape index (κ2) is 4.71. The largest absolute Gasteiger partial charge is 0.368 e. The van der Waals surface area contributed by atoms with Crippen molar-refractivity contribution in [3.8, 4) is 0 Å². The summed E-state index contributed by atoms with van der Waals surface area (Å²) in [5, 5.41) is 3.54. The Morgan fingerprint density at radius 2 is 2.40 bits per heavy atom. The number of hydrogen-bond donors (Lipinski definition) is 1. The van der Waals surface area contributed by atoms with Crippen LogP contribution in [0.4, 0.5) is 5.82 Å². The molecule has 0 bridgehead atoms. The summed E-state index contributed by atoms with van der Waals surface area (Å²) in [5.74, 6) is 1.65. The Bertz CT molecular complexity index is 352. The van der Waals surface area contributed by atoms with Crippen molar-refractivity contribution in [1.29, 1.82) is 0 Å². The summed E-state index contributed by atoms with van der Waals surface area (Å²) < 4.78 is 1.01. The van der Waals surface area contributed by atoms with Gasteiger partial charge in [0.1, 0.15) is 5.82 Å². The van der Waals surface area contributed by atoms with Gasteiger partial charge in [0.05, 0.1) is 5.38 Å². The molecule has 1 aromatic heterocycles. The molecule has 1 unspecified atom stereocenters. The van der Waals surface area contributed by atoms with Gasteiger partial charge in [-0.3, -0.25) is 0 Å². The molecule has 1 heterocycles. The van der Waals surface area contributed by atoms with Gasteiger partial charge in [0.15, 0.2) is 0 Å². The van der Waals surface area contributed by atoms with E-state index in [0.29, 0.717) is 0 Å². The molecular formula is C11H14BrClN2. The molecule has 1 saturated carbocycles. The Kier molecular flexibility index (Phi) is 3.52. The molecule has 1 aliphatic carbocycles. The number of anilines is 1. The molecule has 1 aliphatic rings. The third-order valence-corrected chi connectivity index (χ3v) is 3.59. The first-order valence-corrected chi connectivity index (χ1v) is 6.40. The first-order valence-electron chi connectivity index (χ1n) is 5.17. The highest BCUT2D eigenvalue weighted by Gasteiger charge is 2.29. The lowest BCUT2D eigenvalue weighted by Crippen LogP contribution is -2.17. The Balaban J connectivity index is 1.92. The van der Waals surface area contributed by atoms with Crippen LogP contribution in [0.25, 0.3) is 0 Å². The molecular weight excluding hydrogens is 275 g/mol. The molecule has 0 amide bonds. The molecule has 82 valence electrons. The van der Waals surface area contributed by atoms with E-state index in [9.17, 15) is 0 Å². The fourth-order valence-electron chi connectivity index (χ4n) is 1.54. The average Bonchev–Trinajstić information content (AvgIpc) is 2.99. The van der Waals surface area contributed by atoms with Crippen LogP contribution in [-0.2, 0) is 0 Å². The Labute approximate surface area is 104 Å². The minimum absolute atomic E-state index is 0.245. The lowest BCUT2D eigenvalue weighted by molar-refractivity contribution is 0.768. The quantitative estimate of drug-likeness (QED) is 0.857. The minimum atomic E-state index is 0.245. The van der Waals surface area contributed by atoms with Crippen LogP contribution < -0.4 is 5.32 Å². The van der Waals surface area contributed by atoms with Crippen LogP contribution in [0.3, 0.4) is 0 Å². The summed E-state index contributed by atoms with van der Waals surface area (Å²) in [4.78, 5) is 4.31. The van der Waals surface area contributed by atoms with E-state index in [0.717, 1.165) is 28.3 Å². The van der Waals surface area contributed by atoms with Crippen LogP contribution in [0.15, 0.2) is 16.7 Å². The fraction of sp³-hybridized carbons (Fsp3) is 0.545. The second-order valence-electron chi connectivity index (χ2n) is 4.05. The first kappa shape index (κ1) is 11.2. The molecule has 1 fully saturated rings. The lowest BCUT2D eigenvalue weighted by atomic mass is 10.2. The molecule has 2 nitrogen and oxygen atoms in total. The highest BCUT2D eigenvalue weighted by Crippen LogP contribution is 2.35. The molecule has 0 aromatic carbocycles. The summed E-state index contributed by atoms with van der Waals surface area (Å²) in [7, 11) is 0. The third-order valence-electron chi connectivity index (χ3n) is 2.64. The van der Waals surface area contributed by atoms with Gasteiger partial charge in [0.25, 0.3) is 0 Å². The predicted molar refractivity (Wildman–Crippen MR) is 67.5 cm³/mol. The first-order chi connectivity index (χ1) is 7.16. The topological polar surface area (TPSA) is 24.9 Å². The van der Waals surface area contributed by atoms with Gasteiger partial charge in [0.2, 0.25) is 0 Å². The van der Waals surface area contributed by atoms with Crippen LogP contribution in [0, 0.1) is 12.8 Å².